The summed E-state index contributed by atoms with van der Waals surface area (Å²) in [7, 11) is 1.55. The van der Waals surface area contributed by atoms with Gasteiger partial charge in [0.2, 0.25) is 0 Å². The number of hydrogen-bond acceptors (Lipinski definition) is 4. The number of amides is 1. The predicted molar refractivity (Wildman–Crippen MR) is 129 cm³/mol. The van der Waals surface area contributed by atoms with E-state index in [0.717, 1.165) is 38.0 Å². The summed E-state index contributed by atoms with van der Waals surface area (Å²) >= 11 is 0. The molecule has 1 aliphatic rings. The summed E-state index contributed by atoms with van der Waals surface area (Å²) in [5, 5.41) is 8.80. The van der Waals surface area contributed by atoms with E-state index < -0.39 is 6.10 Å². The van der Waals surface area contributed by atoms with Gasteiger partial charge in [-0.25, -0.2) is 4.68 Å². The minimum absolute atomic E-state index is 0.193. The van der Waals surface area contributed by atoms with Crippen molar-refractivity contribution in [3.05, 3.63) is 84.2 Å². The van der Waals surface area contributed by atoms with Crippen LogP contribution in [0.25, 0.3) is 10.9 Å². The molecule has 170 valence electrons. The van der Waals surface area contributed by atoms with Gasteiger partial charge >= 0.3 is 0 Å². The zero-order chi connectivity index (χ0) is 22.6. The van der Waals surface area contributed by atoms with Gasteiger partial charge in [0.05, 0.1) is 12.2 Å². The lowest BCUT2D eigenvalue weighted by molar-refractivity contribution is -0.126. The zero-order valence-electron chi connectivity index (χ0n) is 18.8. The Kier molecular flexibility index (Phi) is 6.24. The van der Waals surface area contributed by atoms with Gasteiger partial charge in [-0.05, 0) is 35.9 Å². The molecule has 0 radical (unpaired) electrons. The van der Waals surface area contributed by atoms with Gasteiger partial charge in [0.15, 0.2) is 6.10 Å². The Hall–Kier alpha value is -3.42. The first-order valence-electron chi connectivity index (χ1n) is 11.4. The van der Waals surface area contributed by atoms with Crippen molar-refractivity contribution in [3.8, 4) is 0 Å². The van der Waals surface area contributed by atoms with Crippen molar-refractivity contribution in [2.75, 3.05) is 25.5 Å². The SMILES string of the molecule is CO[C@@H](C(=O)Nc1ccnn1C1CCN(Cc2cc3ccccc3[nH]2)CC1)c1ccccc1. The van der Waals surface area contributed by atoms with Crippen molar-refractivity contribution in [2.45, 2.75) is 31.5 Å². The van der Waals surface area contributed by atoms with Crippen LogP contribution in [0, 0.1) is 0 Å². The average Bonchev–Trinajstić information content (AvgIpc) is 3.47. The molecule has 7 nitrogen and oxygen atoms in total. The molecule has 7 heteroatoms. The Labute approximate surface area is 193 Å². The maximum atomic E-state index is 12.9. The van der Waals surface area contributed by atoms with Gasteiger partial charge in [-0.2, -0.15) is 5.10 Å². The van der Waals surface area contributed by atoms with Crippen molar-refractivity contribution >= 4 is 22.6 Å². The summed E-state index contributed by atoms with van der Waals surface area (Å²) in [6.45, 7) is 2.88. The molecule has 0 aliphatic carbocycles. The number of nitrogens with zero attached hydrogens (tertiary/aromatic N) is 3. The van der Waals surface area contributed by atoms with Crippen LogP contribution < -0.4 is 5.32 Å². The van der Waals surface area contributed by atoms with Crippen molar-refractivity contribution in [3.63, 3.8) is 0 Å². The summed E-state index contributed by atoms with van der Waals surface area (Å²) in [5.41, 5.74) is 3.26. The van der Waals surface area contributed by atoms with Crippen LogP contribution in [0.1, 0.15) is 36.2 Å². The quantitative estimate of drug-likeness (QED) is 0.440. The highest BCUT2D eigenvalue weighted by molar-refractivity contribution is 5.94. The molecule has 1 amide bonds. The van der Waals surface area contributed by atoms with Gasteiger partial charge in [0.25, 0.3) is 5.91 Å². The Morgan fingerprint density at radius 2 is 1.88 bits per heavy atom. The number of carbonyl (C=O) groups excluding carboxylic acids is 1. The molecule has 2 aromatic heterocycles. The number of para-hydroxylation sites is 1. The fourth-order valence-electron chi connectivity index (χ4n) is 4.70. The first kappa shape index (κ1) is 21.4. The number of anilines is 1. The molecule has 0 unspecified atom stereocenters. The van der Waals surface area contributed by atoms with Gasteiger partial charge in [-0.3, -0.25) is 9.69 Å². The number of H-pyrrole nitrogens is 1. The van der Waals surface area contributed by atoms with Crippen LogP contribution in [0.3, 0.4) is 0 Å². The second-order valence-electron chi connectivity index (χ2n) is 8.57. The van der Waals surface area contributed by atoms with Crippen LogP contribution in [0.4, 0.5) is 5.82 Å². The van der Waals surface area contributed by atoms with E-state index in [1.807, 2.05) is 41.1 Å². The van der Waals surface area contributed by atoms with Crippen LogP contribution in [0.2, 0.25) is 0 Å². The molecule has 0 spiro atoms. The molecule has 3 heterocycles. The molecule has 0 bridgehead atoms. The second kappa shape index (κ2) is 9.60. The molecule has 1 saturated heterocycles. The maximum Gasteiger partial charge on any atom is 0.259 e. The lowest BCUT2D eigenvalue weighted by atomic mass is 10.0. The lowest BCUT2D eigenvalue weighted by Gasteiger charge is -2.32. The van der Waals surface area contributed by atoms with Gasteiger partial charge in [0, 0.05) is 44.0 Å². The summed E-state index contributed by atoms with van der Waals surface area (Å²) in [6.07, 6.45) is 3.05. The Morgan fingerprint density at radius 3 is 2.64 bits per heavy atom. The molecular weight excluding hydrogens is 414 g/mol. The maximum absolute atomic E-state index is 12.9. The van der Waals surface area contributed by atoms with Crippen molar-refractivity contribution in [2.24, 2.45) is 0 Å². The Balaban J connectivity index is 1.20. The first-order chi connectivity index (χ1) is 16.2. The number of likely N-dealkylation sites (tertiary alicyclic amines) is 1. The molecule has 1 fully saturated rings. The molecule has 0 saturated carbocycles. The van der Waals surface area contributed by atoms with Gasteiger partial charge in [0.1, 0.15) is 5.82 Å². The molecule has 4 aromatic rings. The Bertz CT molecular complexity index is 1170. The van der Waals surface area contributed by atoms with Crippen LogP contribution in [0.15, 0.2) is 72.9 Å². The summed E-state index contributed by atoms with van der Waals surface area (Å²) < 4.78 is 7.43. The molecule has 1 aliphatic heterocycles. The number of rotatable bonds is 7. The van der Waals surface area contributed by atoms with Gasteiger partial charge in [-0.1, -0.05) is 48.5 Å². The van der Waals surface area contributed by atoms with Gasteiger partial charge < -0.3 is 15.0 Å². The standard InChI is InChI=1S/C26H29N5O2/c1-33-25(19-7-3-2-4-8-19)26(32)29-24-11-14-27-31(24)22-12-15-30(16-13-22)18-21-17-20-9-5-6-10-23(20)28-21/h2-11,14,17,22,25,28H,12-13,15-16,18H2,1H3,(H,29,32)/t25-/m1/s1. The van der Waals surface area contributed by atoms with E-state index >= 15 is 0 Å². The fraction of sp³-hybridized carbons (Fsp3) is 0.308. The molecule has 2 N–H and O–H groups in total. The van der Waals surface area contributed by atoms with Crippen LogP contribution in [0.5, 0.6) is 0 Å². The van der Waals surface area contributed by atoms with Crippen molar-refractivity contribution in [1.29, 1.82) is 0 Å². The highest BCUT2D eigenvalue weighted by Gasteiger charge is 2.25. The van der Waals surface area contributed by atoms with E-state index in [4.69, 9.17) is 4.74 Å². The van der Waals surface area contributed by atoms with E-state index in [-0.39, 0.29) is 11.9 Å². The van der Waals surface area contributed by atoms with Crippen LogP contribution in [-0.4, -0.2) is 45.8 Å². The topological polar surface area (TPSA) is 75.2 Å². The summed E-state index contributed by atoms with van der Waals surface area (Å²) in [4.78, 5) is 18.9. The van der Waals surface area contributed by atoms with E-state index in [2.05, 4.69) is 50.6 Å². The first-order valence-corrected chi connectivity index (χ1v) is 11.4. The molecule has 33 heavy (non-hydrogen) atoms. The number of aromatic amines is 1. The summed E-state index contributed by atoms with van der Waals surface area (Å²) in [6, 6.07) is 22.3. The monoisotopic (exact) mass is 443 g/mol. The number of piperidine rings is 1. The highest BCUT2D eigenvalue weighted by atomic mass is 16.5. The number of ether oxygens (including phenoxy) is 1. The smallest absolute Gasteiger partial charge is 0.259 e. The third kappa shape index (κ3) is 4.69. The number of nitrogens with one attached hydrogen (secondary N) is 2. The van der Waals surface area contributed by atoms with Crippen molar-refractivity contribution in [1.82, 2.24) is 19.7 Å². The summed E-state index contributed by atoms with van der Waals surface area (Å²) in [5.74, 6) is 0.522. The molecule has 1 atom stereocenters. The highest BCUT2D eigenvalue weighted by Crippen LogP contribution is 2.27. The Morgan fingerprint density at radius 1 is 1.12 bits per heavy atom. The second-order valence-corrected chi connectivity index (χ2v) is 8.57. The predicted octanol–water partition coefficient (Wildman–Crippen LogP) is 4.53. The third-order valence-electron chi connectivity index (χ3n) is 6.38. The number of benzene rings is 2. The van der Waals surface area contributed by atoms with Gasteiger partial charge in [-0.15, -0.1) is 0 Å². The van der Waals surface area contributed by atoms with E-state index in [1.165, 1.54) is 16.6 Å². The number of hydrogen-bond donors (Lipinski definition) is 2. The number of fused-ring (bicyclic) bond motifs is 1. The largest absolute Gasteiger partial charge is 0.367 e. The molecular formula is C26H29N5O2. The minimum atomic E-state index is -0.660. The van der Waals surface area contributed by atoms with E-state index in [9.17, 15) is 4.79 Å². The van der Waals surface area contributed by atoms with E-state index in [0.29, 0.717) is 5.82 Å². The number of methoxy groups -OCH3 is 1. The van der Waals surface area contributed by atoms with Crippen molar-refractivity contribution < 1.29 is 9.53 Å². The zero-order valence-corrected chi connectivity index (χ0v) is 18.8. The third-order valence-corrected chi connectivity index (χ3v) is 6.38. The van der Waals surface area contributed by atoms with Crippen LogP contribution in [-0.2, 0) is 16.1 Å². The lowest BCUT2D eigenvalue weighted by Crippen LogP contribution is -2.35. The van der Waals surface area contributed by atoms with E-state index in [1.54, 1.807) is 13.3 Å². The number of carbonyl (C=O) groups is 1. The fourth-order valence-corrected chi connectivity index (χ4v) is 4.70. The minimum Gasteiger partial charge on any atom is -0.367 e. The molecule has 2 aromatic carbocycles. The average molecular weight is 444 g/mol. The molecule has 5 rings (SSSR count). The number of aromatic nitrogens is 3. The van der Waals surface area contributed by atoms with Crippen LogP contribution >= 0.6 is 0 Å². The normalized spacial score (nSPS) is 16.2.